The summed E-state index contributed by atoms with van der Waals surface area (Å²) in [6.07, 6.45) is 3.82. The van der Waals surface area contributed by atoms with Crippen LogP contribution in [-0.4, -0.2) is 38.3 Å². The Morgan fingerprint density at radius 1 is 1.06 bits per heavy atom. The average Bonchev–Trinajstić information content (AvgIpc) is 2.88. The Bertz CT molecular complexity index is 317. The number of ether oxygens (including phenoxy) is 2. The van der Waals surface area contributed by atoms with Crippen molar-refractivity contribution in [3.8, 4) is 11.5 Å². The first-order valence-corrected chi connectivity index (χ1v) is 6.38. The number of methoxy groups -OCH3 is 1. The van der Waals surface area contributed by atoms with Crippen LogP contribution >= 0.6 is 0 Å². The number of hydrogen-bond acceptors (Lipinski definition) is 3. The van der Waals surface area contributed by atoms with E-state index in [4.69, 9.17) is 9.47 Å². The molecule has 0 unspecified atom stereocenters. The van der Waals surface area contributed by atoms with E-state index in [0.717, 1.165) is 31.1 Å². The fraction of sp³-hybridized carbons (Fsp3) is 0.571. The lowest BCUT2D eigenvalue weighted by atomic mass is 10.3. The predicted octanol–water partition coefficient (Wildman–Crippen LogP) is 2.56. The van der Waals surface area contributed by atoms with E-state index in [1.165, 1.54) is 25.9 Å². The molecule has 2 rings (SSSR count). The molecule has 1 heterocycles. The topological polar surface area (TPSA) is 21.7 Å². The minimum atomic E-state index is 0.794. The molecule has 17 heavy (non-hydrogen) atoms. The Kier molecular flexibility index (Phi) is 4.68. The Hall–Kier alpha value is -1.22. The van der Waals surface area contributed by atoms with E-state index in [-0.39, 0.29) is 0 Å². The van der Waals surface area contributed by atoms with Crippen LogP contribution in [0.2, 0.25) is 0 Å². The maximum atomic E-state index is 5.68. The molecule has 0 atom stereocenters. The van der Waals surface area contributed by atoms with Crippen LogP contribution in [0.15, 0.2) is 24.3 Å². The first kappa shape index (κ1) is 12.2. The van der Waals surface area contributed by atoms with Gasteiger partial charge in [0.1, 0.15) is 11.5 Å². The zero-order valence-corrected chi connectivity index (χ0v) is 10.5. The Morgan fingerprint density at radius 2 is 1.71 bits per heavy atom. The van der Waals surface area contributed by atoms with E-state index >= 15 is 0 Å². The molecule has 0 bridgehead atoms. The first-order valence-electron chi connectivity index (χ1n) is 6.38. The van der Waals surface area contributed by atoms with Gasteiger partial charge in [-0.2, -0.15) is 0 Å². The van der Waals surface area contributed by atoms with Gasteiger partial charge in [-0.05, 0) is 56.6 Å². The predicted molar refractivity (Wildman–Crippen MR) is 68.8 cm³/mol. The van der Waals surface area contributed by atoms with Crippen molar-refractivity contribution in [3.05, 3.63) is 24.3 Å². The highest BCUT2D eigenvalue weighted by atomic mass is 16.5. The highest BCUT2D eigenvalue weighted by molar-refractivity contribution is 5.31. The number of benzene rings is 1. The summed E-state index contributed by atoms with van der Waals surface area (Å²) in [5.74, 6) is 1.79. The maximum Gasteiger partial charge on any atom is 0.119 e. The third-order valence-corrected chi connectivity index (χ3v) is 3.15. The molecule has 0 saturated carbocycles. The summed E-state index contributed by atoms with van der Waals surface area (Å²) < 4.78 is 10.8. The van der Waals surface area contributed by atoms with E-state index in [2.05, 4.69) is 4.90 Å². The third-order valence-electron chi connectivity index (χ3n) is 3.15. The Labute approximate surface area is 103 Å². The van der Waals surface area contributed by atoms with Crippen LogP contribution in [-0.2, 0) is 0 Å². The smallest absolute Gasteiger partial charge is 0.119 e. The van der Waals surface area contributed by atoms with Gasteiger partial charge in [0, 0.05) is 6.54 Å². The van der Waals surface area contributed by atoms with E-state index in [9.17, 15) is 0 Å². The fourth-order valence-electron chi connectivity index (χ4n) is 2.16. The van der Waals surface area contributed by atoms with Gasteiger partial charge in [0.2, 0.25) is 0 Å². The number of likely N-dealkylation sites (tertiary alicyclic amines) is 1. The van der Waals surface area contributed by atoms with Gasteiger partial charge in [-0.3, -0.25) is 0 Å². The highest BCUT2D eigenvalue weighted by Gasteiger charge is 2.10. The van der Waals surface area contributed by atoms with E-state index in [1.807, 2.05) is 24.3 Å². The lowest BCUT2D eigenvalue weighted by molar-refractivity contribution is 0.263. The molecular formula is C14H21NO2. The maximum absolute atomic E-state index is 5.68. The second kappa shape index (κ2) is 6.50. The van der Waals surface area contributed by atoms with Crippen molar-refractivity contribution in [1.29, 1.82) is 0 Å². The molecule has 0 N–H and O–H groups in total. The molecule has 1 fully saturated rings. The second-order valence-corrected chi connectivity index (χ2v) is 4.43. The SMILES string of the molecule is COc1ccc(OCCCN2CCCC2)cc1. The van der Waals surface area contributed by atoms with E-state index < -0.39 is 0 Å². The molecule has 0 aromatic heterocycles. The molecule has 0 aliphatic carbocycles. The molecular weight excluding hydrogens is 214 g/mol. The molecule has 1 aromatic carbocycles. The highest BCUT2D eigenvalue weighted by Crippen LogP contribution is 2.17. The molecule has 0 radical (unpaired) electrons. The van der Waals surface area contributed by atoms with Crippen LogP contribution in [0.25, 0.3) is 0 Å². The summed E-state index contributed by atoms with van der Waals surface area (Å²) in [7, 11) is 1.67. The Balaban J connectivity index is 1.63. The molecule has 0 spiro atoms. The summed E-state index contributed by atoms with van der Waals surface area (Å²) in [5.41, 5.74) is 0. The molecule has 0 amide bonds. The van der Waals surface area contributed by atoms with Crippen LogP contribution < -0.4 is 9.47 Å². The van der Waals surface area contributed by atoms with Crippen molar-refractivity contribution in [2.24, 2.45) is 0 Å². The quantitative estimate of drug-likeness (QED) is 0.707. The monoisotopic (exact) mass is 235 g/mol. The van der Waals surface area contributed by atoms with Gasteiger partial charge < -0.3 is 14.4 Å². The molecule has 3 nitrogen and oxygen atoms in total. The molecule has 94 valence electrons. The fourth-order valence-corrected chi connectivity index (χ4v) is 2.16. The van der Waals surface area contributed by atoms with Gasteiger partial charge in [0.25, 0.3) is 0 Å². The summed E-state index contributed by atoms with van der Waals surface area (Å²) in [6, 6.07) is 7.76. The molecule has 1 aliphatic rings. The van der Waals surface area contributed by atoms with Crippen molar-refractivity contribution in [3.63, 3.8) is 0 Å². The summed E-state index contributed by atoms with van der Waals surface area (Å²) in [4.78, 5) is 2.51. The summed E-state index contributed by atoms with van der Waals surface area (Å²) in [5, 5.41) is 0. The van der Waals surface area contributed by atoms with Crippen LogP contribution in [0.1, 0.15) is 19.3 Å². The van der Waals surface area contributed by atoms with Gasteiger partial charge in [-0.1, -0.05) is 0 Å². The zero-order valence-electron chi connectivity index (χ0n) is 10.5. The van der Waals surface area contributed by atoms with Crippen molar-refractivity contribution in [2.45, 2.75) is 19.3 Å². The van der Waals surface area contributed by atoms with Crippen LogP contribution in [0.3, 0.4) is 0 Å². The molecule has 1 saturated heterocycles. The van der Waals surface area contributed by atoms with E-state index in [0.29, 0.717) is 0 Å². The lowest BCUT2D eigenvalue weighted by Gasteiger charge is -2.14. The Morgan fingerprint density at radius 3 is 2.35 bits per heavy atom. The zero-order chi connectivity index (χ0) is 11.9. The van der Waals surface area contributed by atoms with Crippen LogP contribution in [0.4, 0.5) is 0 Å². The number of rotatable bonds is 6. The van der Waals surface area contributed by atoms with Crippen molar-refractivity contribution in [1.82, 2.24) is 4.90 Å². The van der Waals surface area contributed by atoms with Gasteiger partial charge in [0.15, 0.2) is 0 Å². The van der Waals surface area contributed by atoms with Gasteiger partial charge in [-0.15, -0.1) is 0 Å². The minimum Gasteiger partial charge on any atom is -0.497 e. The average molecular weight is 235 g/mol. The standard InChI is InChI=1S/C14H21NO2/c1-16-13-5-7-14(8-6-13)17-12-4-11-15-9-2-3-10-15/h5-8H,2-4,9-12H2,1H3. The number of hydrogen-bond donors (Lipinski definition) is 0. The first-order chi connectivity index (χ1) is 8.38. The lowest BCUT2D eigenvalue weighted by Crippen LogP contribution is -2.21. The second-order valence-electron chi connectivity index (χ2n) is 4.43. The summed E-state index contributed by atoms with van der Waals surface area (Å²) in [6.45, 7) is 4.49. The van der Waals surface area contributed by atoms with Gasteiger partial charge in [0.05, 0.1) is 13.7 Å². The van der Waals surface area contributed by atoms with Crippen molar-refractivity contribution < 1.29 is 9.47 Å². The van der Waals surface area contributed by atoms with Crippen molar-refractivity contribution in [2.75, 3.05) is 33.4 Å². The van der Waals surface area contributed by atoms with Gasteiger partial charge in [-0.25, -0.2) is 0 Å². The number of nitrogens with zero attached hydrogens (tertiary/aromatic N) is 1. The molecule has 1 aliphatic heterocycles. The molecule has 1 aromatic rings. The van der Waals surface area contributed by atoms with Gasteiger partial charge >= 0.3 is 0 Å². The summed E-state index contributed by atoms with van der Waals surface area (Å²) >= 11 is 0. The largest absolute Gasteiger partial charge is 0.497 e. The van der Waals surface area contributed by atoms with Crippen LogP contribution in [0, 0.1) is 0 Å². The normalized spacial score (nSPS) is 16.1. The third kappa shape index (κ3) is 3.93. The van der Waals surface area contributed by atoms with Crippen LogP contribution in [0.5, 0.6) is 11.5 Å². The molecule has 3 heteroatoms. The minimum absolute atomic E-state index is 0.794. The van der Waals surface area contributed by atoms with E-state index in [1.54, 1.807) is 7.11 Å². The van der Waals surface area contributed by atoms with Crippen molar-refractivity contribution >= 4 is 0 Å².